The van der Waals surface area contributed by atoms with Crippen LogP contribution in [0.25, 0.3) is 16.9 Å². The smallest absolute Gasteiger partial charge is 0.0877 e. The van der Waals surface area contributed by atoms with Crippen molar-refractivity contribution in [3.05, 3.63) is 59.9 Å². The average molecular weight is 350 g/mol. The maximum Gasteiger partial charge on any atom is 0.0877 e. The lowest BCUT2D eigenvalue weighted by atomic mass is 10.1. The Morgan fingerprint density at radius 1 is 1.12 bits per heavy atom. The van der Waals surface area contributed by atoms with Gasteiger partial charge in [-0.05, 0) is 49.9 Å². The molecule has 1 aliphatic heterocycles. The summed E-state index contributed by atoms with van der Waals surface area (Å²) in [6.45, 7) is 7.19. The molecule has 0 amide bonds. The molecule has 1 unspecified atom stereocenters. The van der Waals surface area contributed by atoms with Crippen LogP contribution in [0.4, 0.5) is 0 Å². The molecule has 3 aromatic heterocycles. The fourth-order valence-corrected chi connectivity index (χ4v) is 3.70. The Morgan fingerprint density at radius 3 is 2.69 bits per heavy atom. The van der Waals surface area contributed by atoms with E-state index in [1.807, 2.05) is 31.5 Å². The van der Waals surface area contributed by atoms with Gasteiger partial charge in [-0.2, -0.15) is 0 Å². The SMILES string of the molecule is CC(O)c1cc2ccccn2c1-c1cc(CN2CCN(C)CC2)ccn1. The van der Waals surface area contributed by atoms with Gasteiger partial charge in [0.1, 0.15) is 0 Å². The maximum absolute atomic E-state index is 10.3. The summed E-state index contributed by atoms with van der Waals surface area (Å²) in [5.41, 5.74) is 5.15. The summed E-state index contributed by atoms with van der Waals surface area (Å²) >= 11 is 0. The summed E-state index contributed by atoms with van der Waals surface area (Å²) in [6, 6.07) is 12.4. The highest BCUT2D eigenvalue weighted by Crippen LogP contribution is 2.31. The summed E-state index contributed by atoms with van der Waals surface area (Å²) in [4.78, 5) is 9.48. The molecule has 136 valence electrons. The molecule has 1 saturated heterocycles. The van der Waals surface area contributed by atoms with Crippen molar-refractivity contribution in [3.63, 3.8) is 0 Å². The summed E-state index contributed by atoms with van der Waals surface area (Å²) in [6.07, 6.45) is 3.38. The van der Waals surface area contributed by atoms with Crippen molar-refractivity contribution in [2.45, 2.75) is 19.6 Å². The largest absolute Gasteiger partial charge is 0.389 e. The van der Waals surface area contributed by atoms with Crippen molar-refractivity contribution in [1.82, 2.24) is 19.2 Å². The van der Waals surface area contributed by atoms with Crippen molar-refractivity contribution in [2.75, 3.05) is 33.2 Å². The Balaban J connectivity index is 1.68. The van der Waals surface area contributed by atoms with E-state index in [1.165, 1.54) is 5.56 Å². The molecule has 0 saturated carbocycles. The molecule has 3 aromatic rings. The lowest BCUT2D eigenvalue weighted by Crippen LogP contribution is -2.43. The van der Waals surface area contributed by atoms with Crippen LogP contribution in [-0.2, 0) is 6.54 Å². The quantitative estimate of drug-likeness (QED) is 0.786. The van der Waals surface area contributed by atoms with Crippen LogP contribution in [0.15, 0.2) is 48.8 Å². The molecule has 5 nitrogen and oxygen atoms in total. The number of hydrogen-bond donors (Lipinski definition) is 1. The Kier molecular flexibility index (Phi) is 4.76. The minimum Gasteiger partial charge on any atom is -0.389 e. The lowest BCUT2D eigenvalue weighted by Gasteiger charge is -2.32. The molecular formula is C21H26N4O. The first-order chi connectivity index (χ1) is 12.6. The predicted octanol–water partition coefficient (Wildman–Crippen LogP) is 2.80. The highest BCUT2D eigenvalue weighted by Gasteiger charge is 2.18. The van der Waals surface area contributed by atoms with E-state index in [-0.39, 0.29) is 0 Å². The van der Waals surface area contributed by atoms with Crippen LogP contribution in [-0.4, -0.2) is 57.5 Å². The van der Waals surface area contributed by atoms with Crippen LogP contribution < -0.4 is 0 Å². The molecule has 0 aromatic carbocycles. The minimum atomic E-state index is -0.534. The van der Waals surface area contributed by atoms with Crippen molar-refractivity contribution >= 4 is 5.52 Å². The van der Waals surface area contributed by atoms with E-state index in [2.05, 4.69) is 50.5 Å². The molecule has 0 radical (unpaired) electrons. The van der Waals surface area contributed by atoms with Crippen LogP contribution >= 0.6 is 0 Å². The molecule has 1 atom stereocenters. The number of aliphatic hydroxyl groups excluding tert-OH is 1. The van der Waals surface area contributed by atoms with Gasteiger partial charge in [0.05, 0.1) is 17.5 Å². The third kappa shape index (κ3) is 3.38. The maximum atomic E-state index is 10.3. The van der Waals surface area contributed by atoms with E-state index in [4.69, 9.17) is 0 Å². The van der Waals surface area contributed by atoms with Crippen molar-refractivity contribution in [2.24, 2.45) is 0 Å². The monoisotopic (exact) mass is 350 g/mol. The molecule has 0 spiro atoms. The Bertz CT molecular complexity index is 894. The van der Waals surface area contributed by atoms with Gasteiger partial charge < -0.3 is 14.4 Å². The normalized spacial score (nSPS) is 17.7. The molecule has 4 rings (SSSR count). The standard InChI is InChI=1S/C21H26N4O/c1-16(26)19-14-18-5-3-4-8-25(18)21(19)20-13-17(6-7-22-20)15-24-11-9-23(2)10-12-24/h3-8,13-14,16,26H,9-12,15H2,1-2H3. The van der Waals surface area contributed by atoms with Gasteiger partial charge in [0, 0.05) is 56.2 Å². The second kappa shape index (κ2) is 7.19. The fraction of sp³-hybridized carbons (Fsp3) is 0.381. The lowest BCUT2D eigenvalue weighted by molar-refractivity contribution is 0.148. The highest BCUT2D eigenvalue weighted by atomic mass is 16.3. The first kappa shape index (κ1) is 17.2. The molecule has 26 heavy (non-hydrogen) atoms. The van der Waals surface area contributed by atoms with Gasteiger partial charge in [-0.15, -0.1) is 0 Å². The Labute approximate surface area is 154 Å². The van der Waals surface area contributed by atoms with Crippen LogP contribution in [0.1, 0.15) is 24.2 Å². The van der Waals surface area contributed by atoms with Crippen molar-refractivity contribution in [3.8, 4) is 11.4 Å². The molecule has 1 N–H and O–H groups in total. The number of likely N-dealkylation sites (N-methyl/N-ethyl adjacent to an activating group) is 1. The van der Waals surface area contributed by atoms with Gasteiger partial charge >= 0.3 is 0 Å². The van der Waals surface area contributed by atoms with E-state index >= 15 is 0 Å². The number of fused-ring (bicyclic) bond motifs is 1. The third-order valence-electron chi connectivity index (χ3n) is 5.23. The van der Waals surface area contributed by atoms with Crippen molar-refractivity contribution < 1.29 is 5.11 Å². The number of hydrogen-bond acceptors (Lipinski definition) is 4. The summed E-state index contributed by atoms with van der Waals surface area (Å²) in [5.74, 6) is 0. The third-order valence-corrected chi connectivity index (χ3v) is 5.23. The molecule has 1 fully saturated rings. The minimum absolute atomic E-state index is 0.534. The van der Waals surface area contributed by atoms with Gasteiger partial charge in [0.2, 0.25) is 0 Å². The zero-order chi connectivity index (χ0) is 18.1. The number of aromatic nitrogens is 2. The zero-order valence-electron chi connectivity index (χ0n) is 15.5. The first-order valence-electron chi connectivity index (χ1n) is 9.26. The van der Waals surface area contributed by atoms with Crippen LogP contribution in [0.2, 0.25) is 0 Å². The van der Waals surface area contributed by atoms with Gasteiger partial charge in [-0.3, -0.25) is 9.88 Å². The number of rotatable bonds is 4. The molecule has 0 aliphatic carbocycles. The van der Waals surface area contributed by atoms with Crippen molar-refractivity contribution in [1.29, 1.82) is 0 Å². The van der Waals surface area contributed by atoms with Crippen LogP contribution in [0.5, 0.6) is 0 Å². The summed E-state index contributed by atoms with van der Waals surface area (Å²) in [5, 5.41) is 10.3. The van der Waals surface area contributed by atoms with E-state index in [0.717, 1.165) is 55.2 Å². The average Bonchev–Trinajstić information content (AvgIpc) is 3.04. The van der Waals surface area contributed by atoms with Crippen LogP contribution in [0.3, 0.4) is 0 Å². The topological polar surface area (TPSA) is 44.0 Å². The second-order valence-corrected chi connectivity index (χ2v) is 7.25. The number of pyridine rings is 2. The Hall–Kier alpha value is -2.21. The number of aliphatic hydroxyl groups is 1. The second-order valence-electron chi connectivity index (χ2n) is 7.25. The van der Waals surface area contributed by atoms with Gasteiger partial charge in [-0.1, -0.05) is 6.07 Å². The van der Waals surface area contributed by atoms with E-state index in [1.54, 1.807) is 0 Å². The van der Waals surface area contributed by atoms with E-state index in [0.29, 0.717) is 0 Å². The zero-order valence-corrected chi connectivity index (χ0v) is 15.5. The fourth-order valence-electron chi connectivity index (χ4n) is 3.70. The number of piperazine rings is 1. The van der Waals surface area contributed by atoms with E-state index in [9.17, 15) is 5.11 Å². The summed E-state index contributed by atoms with van der Waals surface area (Å²) < 4.78 is 2.12. The molecular weight excluding hydrogens is 324 g/mol. The van der Waals surface area contributed by atoms with Crippen LogP contribution in [0, 0.1) is 0 Å². The first-order valence-corrected chi connectivity index (χ1v) is 9.26. The van der Waals surface area contributed by atoms with Gasteiger partial charge in [0.25, 0.3) is 0 Å². The summed E-state index contributed by atoms with van der Waals surface area (Å²) in [7, 11) is 2.18. The molecule has 5 heteroatoms. The molecule has 4 heterocycles. The van der Waals surface area contributed by atoms with Gasteiger partial charge in [0.15, 0.2) is 0 Å². The Morgan fingerprint density at radius 2 is 1.92 bits per heavy atom. The number of nitrogens with zero attached hydrogens (tertiary/aromatic N) is 4. The predicted molar refractivity (Wildman–Crippen MR) is 104 cm³/mol. The molecule has 0 bridgehead atoms. The van der Waals surface area contributed by atoms with E-state index < -0.39 is 6.10 Å². The van der Waals surface area contributed by atoms with Gasteiger partial charge in [-0.25, -0.2) is 0 Å². The highest BCUT2D eigenvalue weighted by molar-refractivity contribution is 5.70. The molecule has 1 aliphatic rings.